The van der Waals surface area contributed by atoms with Gasteiger partial charge in [-0.1, -0.05) is 30.3 Å². The van der Waals surface area contributed by atoms with Crippen LogP contribution in [0.15, 0.2) is 64.9 Å². The second-order valence-electron chi connectivity index (χ2n) is 7.29. The number of hydrogen-bond donors (Lipinski definition) is 1. The maximum atomic E-state index is 12.5. The number of rotatable bonds is 5. The van der Waals surface area contributed by atoms with Crippen LogP contribution in [0.1, 0.15) is 28.9 Å². The molecular formula is C22H22N4O2S. The van der Waals surface area contributed by atoms with Gasteiger partial charge in [-0.05, 0) is 18.9 Å². The minimum atomic E-state index is 0.0549. The fourth-order valence-electron chi connectivity index (χ4n) is 3.93. The second-order valence-corrected chi connectivity index (χ2v) is 8.16. The molecule has 1 fully saturated rings. The van der Waals surface area contributed by atoms with E-state index in [1.807, 2.05) is 23.1 Å². The summed E-state index contributed by atoms with van der Waals surface area (Å²) >= 11 is 1.65. The third-order valence-corrected chi connectivity index (χ3v) is 6.27. The Morgan fingerprint density at radius 2 is 2.03 bits per heavy atom. The number of carbonyl (C=O) groups is 1. The molecule has 0 radical (unpaired) electrons. The minimum Gasteiger partial charge on any atom is -0.472 e. The van der Waals surface area contributed by atoms with Crippen LogP contribution in [0.2, 0.25) is 0 Å². The van der Waals surface area contributed by atoms with Crippen LogP contribution in [0.3, 0.4) is 0 Å². The van der Waals surface area contributed by atoms with Crippen LogP contribution in [0, 0.1) is 0 Å². The number of amides is 1. The van der Waals surface area contributed by atoms with Gasteiger partial charge in [0, 0.05) is 42.8 Å². The largest absolute Gasteiger partial charge is 0.472 e. The summed E-state index contributed by atoms with van der Waals surface area (Å²) in [4.78, 5) is 20.2. The van der Waals surface area contributed by atoms with Gasteiger partial charge in [0.15, 0.2) is 4.96 Å². The van der Waals surface area contributed by atoms with Gasteiger partial charge in [-0.25, -0.2) is 4.98 Å². The molecule has 0 bridgehead atoms. The van der Waals surface area contributed by atoms with E-state index in [-0.39, 0.29) is 5.91 Å². The number of likely N-dealkylation sites (tertiary alicyclic amines) is 1. The van der Waals surface area contributed by atoms with Crippen molar-refractivity contribution in [3.8, 4) is 11.3 Å². The number of carbonyl (C=O) groups excluding carboxylic acids is 1. The summed E-state index contributed by atoms with van der Waals surface area (Å²) in [6.45, 7) is 2.27. The Kier molecular flexibility index (Phi) is 4.91. The van der Waals surface area contributed by atoms with Crippen LogP contribution in [0.5, 0.6) is 0 Å². The van der Waals surface area contributed by atoms with E-state index in [0.717, 1.165) is 48.7 Å². The molecule has 1 saturated heterocycles. The lowest BCUT2D eigenvalue weighted by atomic mass is 10.0. The summed E-state index contributed by atoms with van der Waals surface area (Å²) in [5.74, 6) is 0.0549. The summed E-state index contributed by atoms with van der Waals surface area (Å²) in [5, 5.41) is 5.77. The van der Waals surface area contributed by atoms with E-state index in [0.29, 0.717) is 11.6 Å². The standard InChI is InChI=1S/C22H22N4O2S/c27-21(17-8-12-28-15-17)25-9-6-18(7-10-25)23-14-19-20(16-4-2-1-3-5-16)24-22-26(19)11-13-29-22/h1-5,8,11-13,15,18,23H,6-7,9-10,14H2. The topological polar surface area (TPSA) is 62.8 Å². The molecule has 0 unspecified atom stereocenters. The highest BCUT2D eigenvalue weighted by Crippen LogP contribution is 2.27. The number of hydrogen-bond acceptors (Lipinski definition) is 5. The number of imidazole rings is 1. The first-order chi connectivity index (χ1) is 14.3. The molecule has 3 aromatic heterocycles. The van der Waals surface area contributed by atoms with E-state index in [4.69, 9.17) is 9.40 Å². The van der Waals surface area contributed by atoms with Crippen LogP contribution in [-0.2, 0) is 6.54 Å². The number of nitrogens with one attached hydrogen (secondary N) is 1. The van der Waals surface area contributed by atoms with E-state index in [2.05, 4.69) is 33.4 Å². The molecule has 29 heavy (non-hydrogen) atoms. The van der Waals surface area contributed by atoms with E-state index in [1.54, 1.807) is 23.7 Å². The Bertz CT molecular complexity index is 1090. The first-order valence-corrected chi connectivity index (χ1v) is 10.7. The molecule has 0 atom stereocenters. The van der Waals surface area contributed by atoms with E-state index in [9.17, 15) is 4.79 Å². The molecule has 1 N–H and O–H groups in total. The predicted molar refractivity (Wildman–Crippen MR) is 113 cm³/mol. The average molecular weight is 407 g/mol. The summed E-state index contributed by atoms with van der Waals surface area (Å²) in [6, 6.07) is 12.4. The molecule has 1 amide bonds. The SMILES string of the molecule is O=C(c1ccoc1)N1CCC(NCc2c(-c3ccccc3)nc3sccn23)CC1. The van der Waals surface area contributed by atoms with Crippen molar-refractivity contribution in [2.75, 3.05) is 13.1 Å². The first kappa shape index (κ1) is 18.1. The molecule has 148 valence electrons. The molecule has 1 aliphatic rings. The second kappa shape index (κ2) is 7.85. The summed E-state index contributed by atoms with van der Waals surface area (Å²) in [6.07, 6.45) is 7.03. The molecule has 5 rings (SSSR count). The van der Waals surface area contributed by atoms with E-state index in [1.165, 1.54) is 12.0 Å². The van der Waals surface area contributed by atoms with Crippen molar-refractivity contribution in [3.05, 3.63) is 71.8 Å². The van der Waals surface area contributed by atoms with Gasteiger partial charge < -0.3 is 14.6 Å². The van der Waals surface area contributed by atoms with Crippen molar-refractivity contribution < 1.29 is 9.21 Å². The minimum absolute atomic E-state index is 0.0549. The molecule has 7 heteroatoms. The van der Waals surface area contributed by atoms with Gasteiger partial charge in [0.05, 0.1) is 23.2 Å². The zero-order valence-electron chi connectivity index (χ0n) is 16.0. The number of thiazole rings is 1. The van der Waals surface area contributed by atoms with Crippen LogP contribution in [0.25, 0.3) is 16.2 Å². The van der Waals surface area contributed by atoms with Gasteiger partial charge in [-0.3, -0.25) is 9.20 Å². The monoisotopic (exact) mass is 406 g/mol. The van der Waals surface area contributed by atoms with Crippen LogP contribution in [0.4, 0.5) is 0 Å². The van der Waals surface area contributed by atoms with Crippen molar-refractivity contribution in [3.63, 3.8) is 0 Å². The smallest absolute Gasteiger partial charge is 0.257 e. The highest BCUT2D eigenvalue weighted by atomic mass is 32.1. The molecule has 1 aromatic carbocycles. The maximum absolute atomic E-state index is 12.5. The van der Waals surface area contributed by atoms with Crippen molar-refractivity contribution in [1.82, 2.24) is 19.6 Å². The molecule has 4 aromatic rings. The van der Waals surface area contributed by atoms with Gasteiger partial charge in [-0.15, -0.1) is 11.3 Å². The number of piperidine rings is 1. The number of furan rings is 1. The highest BCUT2D eigenvalue weighted by molar-refractivity contribution is 7.15. The molecule has 0 spiro atoms. The molecule has 0 saturated carbocycles. The van der Waals surface area contributed by atoms with Crippen molar-refractivity contribution in [1.29, 1.82) is 0 Å². The van der Waals surface area contributed by atoms with Crippen LogP contribution < -0.4 is 5.32 Å². The Hall–Kier alpha value is -2.90. The third-order valence-electron chi connectivity index (χ3n) is 5.52. The van der Waals surface area contributed by atoms with E-state index < -0.39 is 0 Å². The normalized spacial score (nSPS) is 15.2. The lowest BCUT2D eigenvalue weighted by molar-refractivity contribution is 0.0704. The quantitative estimate of drug-likeness (QED) is 0.543. The molecule has 1 aliphatic heterocycles. The molecule has 0 aliphatic carbocycles. The lowest BCUT2D eigenvalue weighted by Gasteiger charge is -2.32. The van der Waals surface area contributed by atoms with Crippen molar-refractivity contribution in [2.24, 2.45) is 0 Å². The number of benzene rings is 1. The van der Waals surface area contributed by atoms with Gasteiger partial charge in [-0.2, -0.15) is 0 Å². The van der Waals surface area contributed by atoms with Crippen molar-refractivity contribution in [2.45, 2.75) is 25.4 Å². The fraction of sp³-hybridized carbons (Fsp3) is 0.273. The summed E-state index contributed by atoms with van der Waals surface area (Å²) < 4.78 is 7.21. The van der Waals surface area contributed by atoms with Crippen LogP contribution >= 0.6 is 11.3 Å². The Morgan fingerprint density at radius 3 is 2.79 bits per heavy atom. The zero-order chi connectivity index (χ0) is 19.6. The molecular weight excluding hydrogens is 384 g/mol. The number of nitrogens with zero attached hydrogens (tertiary/aromatic N) is 3. The lowest BCUT2D eigenvalue weighted by Crippen LogP contribution is -2.44. The number of aromatic nitrogens is 2. The average Bonchev–Trinajstić information content (AvgIpc) is 3.51. The first-order valence-electron chi connectivity index (χ1n) is 9.84. The maximum Gasteiger partial charge on any atom is 0.257 e. The fourth-order valence-corrected chi connectivity index (χ4v) is 4.66. The Balaban J connectivity index is 1.26. The Labute approximate surface area is 172 Å². The van der Waals surface area contributed by atoms with Gasteiger partial charge in [0.25, 0.3) is 5.91 Å². The predicted octanol–water partition coefficient (Wildman–Crippen LogP) is 4.05. The number of fused-ring (bicyclic) bond motifs is 1. The van der Waals surface area contributed by atoms with Crippen LogP contribution in [-0.4, -0.2) is 39.3 Å². The Morgan fingerprint density at radius 1 is 1.21 bits per heavy atom. The molecule has 6 nitrogen and oxygen atoms in total. The van der Waals surface area contributed by atoms with Gasteiger partial charge in [0.1, 0.15) is 6.26 Å². The summed E-state index contributed by atoms with van der Waals surface area (Å²) in [7, 11) is 0. The third kappa shape index (κ3) is 3.59. The zero-order valence-corrected chi connectivity index (χ0v) is 16.8. The van der Waals surface area contributed by atoms with E-state index >= 15 is 0 Å². The van der Waals surface area contributed by atoms with Gasteiger partial charge >= 0.3 is 0 Å². The molecule has 4 heterocycles. The van der Waals surface area contributed by atoms with Crippen molar-refractivity contribution >= 4 is 22.2 Å². The summed E-state index contributed by atoms with van der Waals surface area (Å²) in [5.41, 5.74) is 3.99. The van der Waals surface area contributed by atoms with Gasteiger partial charge in [0.2, 0.25) is 0 Å². The highest BCUT2D eigenvalue weighted by Gasteiger charge is 2.24.